The van der Waals surface area contributed by atoms with Gasteiger partial charge in [-0.3, -0.25) is 0 Å². The predicted octanol–water partition coefficient (Wildman–Crippen LogP) is 6.72. The molecule has 0 aliphatic rings. The lowest BCUT2D eigenvalue weighted by molar-refractivity contribution is -0.117. The molecule has 0 aliphatic carbocycles. The van der Waals surface area contributed by atoms with Gasteiger partial charge >= 0.3 is 0 Å². The third-order valence-electron chi connectivity index (χ3n) is 5.72. The van der Waals surface area contributed by atoms with Gasteiger partial charge in [-0.25, -0.2) is 0 Å². The molecule has 0 fully saturated rings. The summed E-state index contributed by atoms with van der Waals surface area (Å²) in [6.45, 7) is 20.1. The van der Waals surface area contributed by atoms with Crippen LogP contribution >= 0.6 is 0 Å². The lowest BCUT2D eigenvalue weighted by Crippen LogP contribution is -2.46. The number of unbranched alkanes of at least 4 members (excludes halogenated alkanes) is 1. The second kappa shape index (κ2) is 9.66. The van der Waals surface area contributed by atoms with Crippen molar-refractivity contribution in [2.45, 2.75) is 98.2 Å². The van der Waals surface area contributed by atoms with Crippen molar-refractivity contribution >= 4 is 14.6 Å². The lowest BCUT2D eigenvalue weighted by atomic mass is 9.75. The number of allylic oxidation sites excluding steroid dienone is 1. The van der Waals surface area contributed by atoms with E-state index in [1.54, 1.807) is 0 Å². The molecule has 0 saturated heterocycles. The highest BCUT2D eigenvalue weighted by atomic mass is 28.4. The van der Waals surface area contributed by atoms with Crippen LogP contribution in [0.15, 0.2) is 12.3 Å². The second-order valence-electron chi connectivity index (χ2n) is 8.28. The van der Waals surface area contributed by atoms with Crippen LogP contribution in [0.2, 0.25) is 16.6 Å². The molecule has 0 spiro atoms. The molecule has 2 atom stereocenters. The summed E-state index contributed by atoms with van der Waals surface area (Å²) in [5.74, 6) is 0.199. The van der Waals surface area contributed by atoms with Crippen LogP contribution in [0.5, 0.6) is 0 Å². The molecule has 0 aromatic carbocycles. The van der Waals surface area contributed by atoms with E-state index in [1.807, 2.05) is 6.26 Å². The maximum absolute atomic E-state index is 11.6. The molecule has 0 aliphatic heterocycles. The van der Waals surface area contributed by atoms with Gasteiger partial charge in [-0.15, -0.1) is 0 Å². The Kier molecular flexibility index (Phi) is 9.42. The van der Waals surface area contributed by atoms with Gasteiger partial charge in [0.1, 0.15) is 6.29 Å². The normalized spacial score (nSPS) is 17.0. The summed E-state index contributed by atoms with van der Waals surface area (Å²) < 4.78 is 6.47. The van der Waals surface area contributed by atoms with Crippen molar-refractivity contribution in [3.05, 3.63) is 12.3 Å². The Morgan fingerprint density at radius 3 is 1.83 bits per heavy atom. The van der Waals surface area contributed by atoms with Crippen molar-refractivity contribution in [1.82, 2.24) is 0 Å². The van der Waals surface area contributed by atoms with E-state index in [1.165, 1.54) is 0 Å². The Labute approximate surface area is 146 Å². The Balaban J connectivity index is 5.16. The molecular formula is C20H40O2Si. The SMILES string of the molecule is CCCC[C@](C)(C=O)[C@H](C)/C=C/O[Si](C(C)C)(C(C)C)C(C)C. The summed E-state index contributed by atoms with van der Waals surface area (Å²) in [6.07, 6.45) is 8.33. The summed E-state index contributed by atoms with van der Waals surface area (Å²) >= 11 is 0. The molecule has 0 heterocycles. The lowest BCUT2D eigenvalue weighted by Gasteiger charge is -2.41. The van der Waals surface area contributed by atoms with Gasteiger partial charge in [-0.2, -0.15) is 0 Å². The summed E-state index contributed by atoms with van der Waals surface area (Å²) in [7, 11) is -1.86. The number of hydrogen-bond donors (Lipinski definition) is 0. The van der Waals surface area contributed by atoms with Gasteiger partial charge in [0.15, 0.2) is 0 Å². The first-order valence-corrected chi connectivity index (χ1v) is 11.5. The van der Waals surface area contributed by atoms with E-state index in [4.69, 9.17) is 4.43 Å². The monoisotopic (exact) mass is 340 g/mol. The molecule has 136 valence electrons. The first kappa shape index (κ1) is 22.4. The van der Waals surface area contributed by atoms with Gasteiger partial charge in [0, 0.05) is 5.41 Å². The summed E-state index contributed by atoms with van der Waals surface area (Å²) in [4.78, 5) is 11.6. The van der Waals surface area contributed by atoms with Gasteiger partial charge in [0.25, 0.3) is 8.32 Å². The van der Waals surface area contributed by atoms with Crippen molar-refractivity contribution in [3.8, 4) is 0 Å². The fraction of sp³-hybridized carbons (Fsp3) is 0.850. The molecule has 0 rings (SSSR count). The van der Waals surface area contributed by atoms with E-state index in [-0.39, 0.29) is 11.3 Å². The largest absolute Gasteiger partial charge is 0.548 e. The molecule has 23 heavy (non-hydrogen) atoms. The zero-order chi connectivity index (χ0) is 18.3. The quantitative estimate of drug-likeness (QED) is 0.237. The van der Waals surface area contributed by atoms with Gasteiger partial charge in [0.2, 0.25) is 0 Å². The summed E-state index contributed by atoms with van der Waals surface area (Å²) in [5.41, 5.74) is 1.42. The van der Waals surface area contributed by atoms with Crippen LogP contribution in [-0.2, 0) is 9.22 Å². The summed E-state index contributed by atoms with van der Waals surface area (Å²) in [5, 5.41) is 0. The predicted molar refractivity (Wildman–Crippen MR) is 104 cm³/mol. The number of rotatable bonds is 11. The van der Waals surface area contributed by atoms with Crippen LogP contribution in [0.25, 0.3) is 0 Å². The minimum atomic E-state index is -1.86. The van der Waals surface area contributed by atoms with Gasteiger partial charge < -0.3 is 9.22 Å². The molecule has 0 N–H and O–H groups in total. The van der Waals surface area contributed by atoms with Crippen molar-refractivity contribution in [1.29, 1.82) is 0 Å². The van der Waals surface area contributed by atoms with Crippen LogP contribution in [0.1, 0.15) is 81.6 Å². The number of carbonyl (C=O) groups excluding carboxylic acids is 1. The van der Waals surface area contributed by atoms with Crippen LogP contribution in [0.4, 0.5) is 0 Å². The molecule has 0 aromatic rings. The van der Waals surface area contributed by atoms with Crippen LogP contribution in [-0.4, -0.2) is 14.6 Å². The maximum atomic E-state index is 11.6. The molecule has 0 bridgehead atoms. The first-order chi connectivity index (χ1) is 10.6. The average molecular weight is 341 g/mol. The standard InChI is InChI=1S/C20H40O2Si/c1-10-11-13-20(9,15-21)19(8)12-14-22-23(16(2)3,17(4)5)18(6)7/h12,14-19H,10-11,13H2,1-9H3/b14-12+/t19-,20-/m1/s1. The Bertz CT molecular complexity index is 352. The molecule has 3 heteroatoms. The van der Waals surface area contributed by atoms with E-state index < -0.39 is 8.32 Å². The highest BCUT2D eigenvalue weighted by Gasteiger charge is 2.46. The van der Waals surface area contributed by atoms with Crippen LogP contribution in [0.3, 0.4) is 0 Å². The van der Waals surface area contributed by atoms with Gasteiger partial charge in [-0.1, -0.05) is 75.2 Å². The van der Waals surface area contributed by atoms with Crippen molar-refractivity contribution in [3.63, 3.8) is 0 Å². The third-order valence-corrected chi connectivity index (χ3v) is 11.7. The second-order valence-corrected chi connectivity index (χ2v) is 13.7. The van der Waals surface area contributed by atoms with E-state index in [0.29, 0.717) is 16.6 Å². The number of hydrogen-bond acceptors (Lipinski definition) is 2. The Morgan fingerprint density at radius 2 is 1.48 bits per heavy atom. The van der Waals surface area contributed by atoms with Gasteiger partial charge in [0.05, 0.1) is 6.26 Å². The molecule has 2 nitrogen and oxygen atoms in total. The molecule has 0 saturated carbocycles. The highest BCUT2D eigenvalue weighted by molar-refractivity contribution is 6.77. The highest BCUT2D eigenvalue weighted by Crippen LogP contribution is 2.42. The van der Waals surface area contributed by atoms with E-state index in [0.717, 1.165) is 25.5 Å². The first-order valence-electron chi connectivity index (χ1n) is 9.39. The van der Waals surface area contributed by atoms with Crippen LogP contribution in [0, 0.1) is 11.3 Å². The minimum Gasteiger partial charge on any atom is -0.548 e. The molecule has 0 amide bonds. The van der Waals surface area contributed by atoms with Crippen LogP contribution < -0.4 is 0 Å². The zero-order valence-corrected chi connectivity index (χ0v) is 18.0. The summed E-state index contributed by atoms with van der Waals surface area (Å²) in [6, 6.07) is 0. The molecule has 0 radical (unpaired) electrons. The topological polar surface area (TPSA) is 26.3 Å². The number of aldehydes is 1. The van der Waals surface area contributed by atoms with E-state index in [9.17, 15) is 4.79 Å². The van der Waals surface area contributed by atoms with Gasteiger partial charge in [-0.05, 0) is 35.0 Å². The van der Waals surface area contributed by atoms with E-state index in [2.05, 4.69) is 68.4 Å². The average Bonchev–Trinajstić information content (AvgIpc) is 2.47. The van der Waals surface area contributed by atoms with Crippen molar-refractivity contribution < 1.29 is 9.22 Å². The van der Waals surface area contributed by atoms with E-state index >= 15 is 0 Å². The Morgan fingerprint density at radius 1 is 1.00 bits per heavy atom. The smallest absolute Gasteiger partial charge is 0.257 e. The van der Waals surface area contributed by atoms with Crippen molar-refractivity contribution in [2.75, 3.05) is 0 Å². The molecular weight excluding hydrogens is 300 g/mol. The van der Waals surface area contributed by atoms with Crippen molar-refractivity contribution in [2.24, 2.45) is 11.3 Å². The third kappa shape index (κ3) is 5.48. The fourth-order valence-electron chi connectivity index (χ4n) is 3.85. The molecule has 0 aromatic heterocycles. The fourth-order valence-corrected chi connectivity index (χ4v) is 8.99. The zero-order valence-electron chi connectivity index (χ0n) is 17.0. The maximum Gasteiger partial charge on any atom is 0.257 e. The minimum absolute atomic E-state index is 0.199. The Hall–Kier alpha value is -0.573. The number of carbonyl (C=O) groups is 1. The molecule has 0 unspecified atom stereocenters.